The van der Waals surface area contributed by atoms with Gasteiger partial charge in [-0.3, -0.25) is 4.90 Å². The Balaban J connectivity index is 1.94. The largest absolute Gasteiger partial charge is 0.387 e. The zero-order valence-electron chi connectivity index (χ0n) is 9.55. The van der Waals surface area contributed by atoms with Crippen molar-refractivity contribution < 1.29 is 5.11 Å². The summed E-state index contributed by atoms with van der Waals surface area (Å²) in [6, 6.07) is 9.78. The maximum absolute atomic E-state index is 10.1. The first-order chi connectivity index (χ1) is 7.77. The summed E-state index contributed by atoms with van der Waals surface area (Å²) in [6.07, 6.45) is 3.13. The number of rotatable bonds is 3. The maximum Gasteiger partial charge on any atom is 0.0917 e. The first kappa shape index (κ1) is 11.6. The predicted molar refractivity (Wildman–Crippen MR) is 64.8 cm³/mol. The summed E-state index contributed by atoms with van der Waals surface area (Å²) in [6.45, 7) is 1.65. The average Bonchev–Trinajstić information content (AvgIpc) is 2.33. The monoisotopic (exact) mass is 220 g/mol. The summed E-state index contributed by atoms with van der Waals surface area (Å²) in [7, 11) is 0. The Morgan fingerprint density at radius 1 is 1.31 bits per heavy atom. The number of aliphatic hydroxyl groups excluding tert-OH is 1. The molecule has 2 atom stereocenters. The second-order valence-electron chi connectivity index (χ2n) is 4.48. The summed E-state index contributed by atoms with van der Waals surface area (Å²) in [5.74, 6) is 0. The van der Waals surface area contributed by atoms with Crippen molar-refractivity contribution >= 4 is 0 Å². The molecule has 1 aliphatic rings. The number of nitrogens with two attached hydrogens (primary N) is 1. The summed E-state index contributed by atoms with van der Waals surface area (Å²) >= 11 is 0. The lowest BCUT2D eigenvalue weighted by Gasteiger charge is -2.34. The molecule has 0 radical (unpaired) electrons. The van der Waals surface area contributed by atoms with Gasteiger partial charge in [0.25, 0.3) is 0 Å². The number of piperidine rings is 1. The van der Waals surface area contributed by atoms with E-state index in [0.29, 0.717) is 6.54 Å². The molecule has 0 amide bonds. The Bertz CT molecular complexity index is 315. The molecule has 1 aliphatic heterocycles. The van der Waals surface area contributed by atoms with Crippen LogP contribution in [0.2, 0.25) is 0 Å². The molecular weight excluding hydrogens is 200 g/mol. The number of likely N-dealkylation sites (tertiary alicyclic amines) is 1. The van der Waals surface area contributed by atoms with Gasteiger partial charge >= 0.3 is 0 Å². The Morgan fingerprint density at radius 2 is 2.06 bits per heavy atom. The fraction of sp³-hybridized carbons (Fsp3) is 0.538. The fourth-order valence-electron chi connectivity index (χ4n) is 2.25. The van der Waals surface area contributed by atoms with E-state index in [-0.39, 0.29) is 6.17 Å². The minimum Gasteiger partial charge on any atom is -0.387 e. The van der Waals surface area contributed by atoms with Crippen molar-refractivity contribution in [1.82, 2.24) is 4.90 Å². The minimum absolute atomic E-state index is 0.118. The van der Waals surface area contributed by atoms with Crippen LogP contribution in [-0.4, -0.2) is 29.3 Å². The Morgan fingerprint density at radius 3 is 2.75 bits per heavy atom. The van der Waals surface area contributed by atoms with Gasteiger partial charge in [-0.15, -0.1) is 0 Å². The van der Waals surface area contributed by atoms with E-state index in [2.05, 4.69) is 4.90 Å². The van der Waals surface area contributed by atoms with Crippen LogP contribution in [0.1, 0.15) is 30.9 Å². The number of hydrogen-bond donors (Lipinski definition) is 2. The average molecular weight is 220 g/mol. The van der Waals surface area contributed by atoms with Gasteiger partial charge in [0.1, 0.15) is 0 Å². The third kappa shape index (κ3) is 2.82. The van der Waals surface area contributed by atoms with E-state index < -0.39 is 6.10 Å². The molecule has 88 valence electrons. The first-order valence-electron chi connectivity index (χ1n) is 6.00. The Hall–Kier alpha value is -0.900. The zero-order valence-corrected chi connectivity index (χ0v) is 9.55. The second kappa shape index (κ2) is 5.43. The van der Waals surface area contributed by atoms with Crippen molar-refractivity contribution in [3.63, 3.8) is 0 Å². The van der Waals surface area contributed by atoms with E-state index in [0.717, 1.165) is 18.5 Å². The van der Waals surface area contributed by atoms with Crippen molar-refractivity contribution in [2.75, 3.05) is 13.1 Å². The van der Waals surface area contributed by atoms with Crippen molar-refractivity contribution in [3.05, 3.63) is 35.9 Å². The van der Waals surface area contributed by atoms with Crippen molar-refractivity contribution in [3.8, 4) is 0 Å². The minimum atomic E-state index is -0.426. The van der Waals surface area contributed by atoms with Gasteiger partial charge in [-0.1, -0.05) is 30.3 Å². The molecule has 3 nitrogen and oxygen atoms in total. The SMILES string of the molecule is NC1CCCCN1CC(O)c1ccccc1. The van der Waals surface area contributed by atoms with Crippen LogP contribution < -0.4 is 5.73 Å². The van der Waals surface area contributed by atoms with Crippen molar-refractivity contribution in [1.29, 1.82) is 0 Å². The standard InChI is InChI=1S/C13H20N2O/c14-13-8-4-5-9-15(13)10-12(16)11-6-2-1-3-7-11/h1-3,6-7,12-13,16H,4-5,8-10,14H2. The molecule has 2 unspecified atom stereocenters. The molecule has 3 N–H and O–H groups in total. The molecule has 1 saturated heterocycles. The third-order valence-corrected chi connectivity index (χ3v) is 3.26. The van der Waals surface area contributed by atoms with Gasteiger partial charge < -0.3 is 10.8 Å². The molecule has 1 heterocycles. The van der Waals surface area contributed by atoms with Crippen LogP contribution in [0.3, 0.4) is 0 Å². The normalized spacial score (nSPS) is 24.2. The summed E-state index contributed by atoms with van der Waals surface area (Å²) in [5, 5.41) is 10.1. The number of nitrogens with zero attached hydrogens (tertiary/aromatic N) is 1. The molecule has 2 rings (SSSR count). The third-order valence-electron chi connectivity index (χ3n) is 3.26. The molecule has 0 bridgehead atoms. The lowest BCUT2D eigenvalue weighted by molar-refractivity contribution is 0.0692. The van der Waals surface area contributed by atoms with Crippen LogP contribution in [0.5, 0.6) is 0 Å². The van der Waals surface area contributed by atoms with E-state index in [4.69, 9.17) is 5.73 Å². The smallest absolute Gasteiger partial charge is 0.0917 e. The van der Waals surface area contributed by atoms with E-state index in [1.165, 1.54) is 12.8 Å². The molecule has 0 aliphatic carbocycles. The molecule has 1 fully saturated rings. The van der Waals surface area contributed by atoms with Gasteiger partial charge in [0.15, 0.2) is 0 Å². The van der Waals surface area contributed by atoms with E-state index in [1.54, 1.807) is 0 Å². The number of aliphatic hydroxyl groups is 1. The number of β-amino-alcohol motifs (C(OH)–C–C–N with tert-alkyl or cyclic N) is 1. The second-order valence-corrected chi connectivity index (χ2v) is 4.48. The molecule has 1 aromatic carbocycles. The van der Waals surface area contributed by atoms with Gasteiger partial charge in [-0.2, -0.15) is 0 Å². The highest BCUT2D eigenvalue weighted by atomic mass is 16.3. The summed E-state index contributed by atoms with van der Waals surface area (Å²) in [5.41, 5.74) is 6.99. The summed E-state index contributed by atoms with van der Waals surface area (Å²) in [4.78, 5) is 2.18. The van der Waals surface area contributed by atoms with Crippen molar-refractivity contribution in [2.24, 2.45) is 5.73 Å². The van der Waals surface area contributed by atoms with Crippen LogP contribution in [0.4, 0.5) is 0 Å². The number of hydrogen-bond acceptors (Lipinski definition) is 3. The Kier molecular flexibility index (Phi) is 3.93. The van der Waals surface area contributed by atoms with Crippen LogP contribution in [0, 0.1) is 0 Å². The highest BCUT2D eigenvalue weighted by Gasteiger charge is 2.21. The molecule has 0 saturated carbocycles. The number of benzene rings is 1. The highest BCUT2D eigenvalue weighted by molar-refractivity contribution is 5.17. The molecule has 0 spiro atoms. The van der Waals surface area contributed by atoms with E-state index in [9.17, 15) is 5.11 Å². The molecular formula is C13H20N2O. The lowest BCUT2D eigenvalue weighted by Crippen LogP contribution is -2.47. The van der Waals surface area contributed by atoms with Crippen LogP contribution in [-0.2, 0) is 0 Å². The van der Waals surface area contributed by atoms with E-state index >= 15 is 0 Å². The maximum atomic E-state index is 10.1. The van der Waals surface area contributed by atoms with Gasteiger partial charge in [-0.05, 0) is 31.4 Å². The Labute approximate surface area is 96.9 Å². The summed E-state index contributed by atoms with van der Waals surface area (Å²) < 4.78 is 0. The molecule has 1 aromatic rings. The topological polar surface area (TPSA) is 49.5 Å². The molecule has 3 heteroatoms. The van der Waals surface area contributed by atoms with Crippen LogP contribution in [0.25, 0.3) is 0 Å². The van der Waals surface area contributed by atoms with Gasteiger partial charge in [0, 0.05) is 6.54 Å². The van der Waals surface area contributed by atoms with Crippen LogP contribution >= 0.6 is 0 Å². The van der Waals surface area contributed by atoms with Crippen molar-refractivity contribution in [2.45, 2.75) is 31.5 Å². The quantitative estimate of drug-likeness (QED) is 0.811. The highest BCUT2D eigenvalue weighted by Crippen LogP contribution is 2.19. The van der Waals surface area contributed by atoms with Crippen LogP contribution in [0.15, 0.2) is 30.3 Å². The molecule has 0 aromatic heterocycles. The first-order valence-corrected chi connectivity index (χ1v) is 6.00. The van der Waals surface area contributed by atoms with E-state index in [1.807, 2.05) is 30.3 Å². The molecule has 16 heavy (non-hydrogen) atoms. The fourth-order valence-corrected chi connectivity index (χ4v) is 2.25. The lowest BCUT2D eigenvalue weighted by atomic mass is 10.1. The zero-order chi connectivity index (χ0) is 11.4. The van der Waals surface area contributed by atoms with Gasteiger partial charge in [-0.25, -0.2) is 0 Å². The van der Waals surface area contributed by atoms with Gasteiger partial charge in [0.2, 0.25) is 0 Å². The predicted octanol–water partition coefficient (Wildman–Crippen LogP) is 1.49. The van der Waals surface area contributed by atoms with Gasteiger partial charge in [0.05, 0.1) is 12.3 Å².